The van der Waals surface area contributed by atoms with E-state index < -0.39 is 23.8 Å². The molecule has 1 unspecified atom stereocenters. The summed E-state index contributed by atoms with van der Waals surface area (Å²) in [6, 6.07) is 7.83. The molecular formula is C26H27F3N4O4. The van der Waals surface area contributed by atoms with E-state index in [-0.39, 0.29) is 12.2 Å². The molecule has 1 aliphatic rings. The van der Waals surface area contributed by atoms with Gasteiger partial charge in [-0.05, 0) is 44.2 Å². The average molecular weight is 517 g/mol. The highest BCUT2D eigenvalue weighted by molar-refractivity contribution is 6.04. The zero-order chi connectivity index (χ0) is 26.6. The van der Waals surface area contributed by atoms with E-state index in [0.29, 0.717) is 54.7 Å². The van der Waals surface area contributed by atoms with Crippen LogP contribution in [0.15, 0.2) is 48.8 Å². The Morgan fingerprint density at radius 3 is 2.65 bits per heavy atom. The number of aromatic nitrogens is 2. The smallest absolute Gasteiger partial charge is 0.416 e. The number of nitrogens with one attached hydrogen (secondary N) is 1. The number of anilines is 2. The van der Waals surface area contributed by atoms with Crippen molar-refractivity contribution in [2.75, 3.05) is 43.1 Å². The number of hydrogen-bond donors (Lipinski definition) is 2. The van der Waals surface area contributed by atoms with Gasteiger partial charge in [-0.1, -0.05) is 6.07 Å². The van der Waals surface area contributed by atoms with Gasteiger partial charge in [0.25, 0.3) is 5.91 Å². The summed E-state index contributed by atoms with van der Waals surface area (Å²) in [7, 11) is 0. The van der Waals surface area contributed by atoms with Crippen molar-refractivity contribution in [2.24, 2.45) is 0 Å². The Morgan fingerprint density at radius 1 is 1.19 bits per heavy atom. The van der Waals surface area contributed by atoms with Crippen LogP contribution in [0, 0.1) is 6.92 Å². The van der Waals surface area contributed by atoms with E-state index in [1.165, 1.54) is 18.3 Å². The van der Waals surface area contributed by atoms with Crippen LogP contribution in [-0.4, -0.2) is 60.0 Å². The van der Waals surface area contributed by atoms with Crippen molar-refractivity contribution in [1.29, 1.82) is 0 Å². The van der Waals surface area contributed by atoms with Crippen molar-refractivity contribution in [3.05, 3.63) is 65.6 Å². The van der Waals surface area contributed by atoms with Gasteiger partial charge < -0.3 is 24.8 Å². The molecule has 1 fully saturated rings. The minimum atomic E-state index is -4.55. The summed E-state index contributed by atoms with van der Waals surface area (Å²) < 4.78 is 50.4. The Bertz CT molecular complexity index is 1260. The third-order valence-electron chi connectivity index (χ3n) is 5.86. The molecule has 1 aliphatic heterocycles. The third-order valence-corrected chi connectivity index (χ3v) is 5.86. The molecule has 1 aromatic carbocycles. The molecule has 196 valence electrons. The van der Waals surface area contributed by atoms with Crippen LogP contribution in [0.1, 0.15) is 28.5 Å². The van der Waals surface area contributed by atoms with Crippen molar-refractivity contribution in [3.8, 4) is 17.0 Å². The lowest BCUT2D eigenvalue weighted by Crippen LogP contribution is -2.36. The van der Waals surface area contributed by atoms with Crippen LogP contribution < -0.4 is 15.0 Å². The lowest BCUT2D eigenvalue weighted by molar-refractivity contribution is -0.137. The monoisotopic (exact) mass is 516 g/mol. The number of halogens is 3. The number of amides is 1. The summed E-state index contributed by atoms with van der Waals surface area (Å²) in [5.74, 6) is -0.302. The van der Waals surface area contributed by atoms with Crippen molar-refractivity contribution in [1.82, 2.24) is 9.97 Å². The number of benzene rings is 1. The zero-order valence-corrected chi connectivity index (χ0v) is 20.4. The Hall–Kier alpha value is -3.70. The van der Waals surface area contributed by atoms with Gasteiger partial charge in [0.1, 0.15) is 11.8 Å². The van der Waals surface area contributed by atoms with Gasteiger partial charge in [-0.2, -0.15) is 13.2 Å². The second-order valence-corrected chi connectivity index (χ2v) is 8.65. The molecule has 2 N–H and O–H groups in total. The van der Waals surface area contributed by atoms with Gasteiger partial charge in [0, 0.05) is 41.7 Å². The van der Waals surface area contributed by atoms with Gasteiger partial charge in [0.05, 0.1) is 37.3 Å². The summed E-state index contributed by atoms with van der Waals surface area (Å²) in [6.07, 6.45) is -1.94. The van der Waals surface area contributed by atoms with E-state index in [1.807, 2.05) is 6.07 Å². The fraction of sp³-hybridized carbons (Fsp3) is 0.346. The van der Waals surface area contributed by atoms with E-state index in [4.69, 9.17) is 9.47 Å². The van der Waals surface area contributed by atoms with Crippen molar-refractivity contribution in [3.63, 3.8) is 0 Å². The van der Waals surface area contributed by atoms with E-state index in [1.54, 1.807) is 26.1 Å². The van der Waals surface area contributed by atoms with Gasteiger partial charge in [-0.15, -0.1) is 0 Å². The molecule has 2 aromatic heterocycles. The lowest BCUT2D eigenvalue weighted by atomic mass is 10.0. The first kappa shape index (κ1) is 26.4. The topological polar surface area (TPSA) is 96.8 Å². The van der Waals surface area contributed by atoms with Gasteiger partial charge >= 0.3 is 6.18 Å². The molecule has 1 saturated heterocycles. The van der Waals surface area contributed by atoms with E-state index in [2.05, 4.69) is 20.2 Å². The van der Waals surface area contributed by atoms with Crippen LogP contribution in [0.25, 0.3) is 11.1 Å². The maximum atomic E-state index is 13.0. The number of ether oxygens (including phenoxy) is 2. The van der Waals surface area contributed by atoms with Crippen LogP contribution in [0.3, 0.4) is 0 Å². The van der Waals surface area contributed by atoms with Crippen LogP contribution >= 0.6 is 0 Å². The van der Waals surface area contributed by atoms with Crippen LogP contribution in [0.5, 0.6) is 5.88 Å². The van der Waals surface area contributed by atoms with Gasteiger partial charge in [-0.25, -0.2) is 4.98 Å². The van der Waals surface area contributed by atoms with E-state index in [9.17, 15) is 23.1 Å². The molecule has 0 spiro atoms. The molecule has 4 rings (SSSR count). The Morgan fingerprint density at radius 2 is 1.95 bits per heavy atom. The first-order valence-corrected chi connectivity index (χ1v) is 11.7. The molecule has 3 heterocycles. The molecular weight excluding hydrogens is 489 g/mol. The number of aryl methyl sites for hydroxylation is 1. The molecule has 1 amide bonds. The number of pyridine rings is 2. The molecule has 1 atom stereocenters. The van der Waals surface area contributed by atoms with Crippen LogP contribution in [0.4, 0.5) is 24.5 Å². The molecule has 3 aromatic rings. The number of rotatable bonds is 7. The van der Waals surface area contributed by atoms with E-state index >= 15 is 0 Å². The predicted octanol–water partition coefficient (Wildman–Crippen LogP) is 4.32. The van der Waals surface area contributed by atoms with E-state index in [0.717, 1.165) is 17.8 Å². The molecule has 0 radical (unpaired) electrons. The first-order chi connectivity index (χ1) is 17.7. The fourth-order valence-corrected chi connectivity index (χ4v) is 3.87. The standard InChI is InChI=1S/C26H27F3N4O4/c1-16(15-34)37-25-23(33-6-8-36-9-7-33)11-19(13-31-25)22-12-21(14-30-17(22)2)32-24(35)18-4-3-5-20(10-18)26(27,28)29/h3-5,10-14,16,34H,6-9,15H2,1-2H3,(H,32,35). The second kappa shape index (κ2) is 11.1. The highest BCUT2D eigenvalue weighted by Gasteiger charge is 2.31. The molecule has 0 saturated carbocycles. The third kappa shape index (κ3) is 6.36. The zero-order valence-electron chi connectivity index (χ0n) is 20.4. The number of aliphatic hydroxyl groups is 1. The average Bonchev–Trinajstić information content (AvgIpc) is 2.90. The lowest BCUT2D eigenvalue weighted by Gasteiger charge is -2.30. The minimum Gasteiger partial charge on any atom is -0.471 e. The van der Waals surface area contributed by atoms with Crippen molar-refractivity contribution in [2.45, 2.75) is 26.1 Å². The molecule has 8 nitrogen and oxygen atoms in total. The number of hydrogen-bond acceptors (Lipinski definition) is 7. The molecule has 37 heavy (non-hydrogen) atoms. The second-order valence-electron chi connectivity index (χ2n) is 8.65. The number of carbonyl (C=O) groups excluding carboxylic acids is 1. The van der Waals surface area contributed by atoms with Crippen molar-refractivity contribution >= 4 is 17.3 Å². The summed E-state index contributed by atoms with van der Waals surface area (Å²) in [5, 5.41) is 12.0. The summed E-state index contributed by atoms with van der Waals surface area (Å²) >= 11 is 0. The highest BCUT2D eigenvalue weighted by Crippen LogP contribution is 2.34. The summed E-state index contributed by atoms with van der Waals surface area (Å²) in [4.78, 5) is 23.6. The van der Waals surface area contributed by atoms with Gasteiger partial charge in [0.15, 0.2) is 0 Å². The predicted molar refractivity (Wildman–Crippen MR) is 132 cm³/mol. The SMILES string of the molecule is Cc1ncc(NC(=O)c2cccc(C(F)(F)F)c2)cc1-c1cnc(OC(C)CO)c(N2CCOCC2)c1. The first-order valence-electron chi connectivity index (χ1n) is 11.7. The summed E-state index contributed by atoms with van der Waals surface area (Å²) in [5.41, 5.74) is 2.11. The number of carbonyl (C=O) groups is 1. The highest BCUT2D eigenvalue weighted by atomic mass is 19.4. The van der Waals surface area contributed by atoms with Crippen LogP contribution in [-0.2, 0) is 10.9 Å². The Balaban J connectivity index is 1.64. The maximum Gasteiger partial charge on any atom is 0.416 e. The molecule has 0 aliphatic carbocycles. The largest absolute Gasteiger partial charge is 0.471 e. The van der Waals surface area contributed by atoms with Crippen LogP contribution in [0.2, 0.25) is 0 Å². The summed E-state index contributed by atoms with van der Waals surface area (Å²) in [6.45, 7) is 5.76. The maximum absolute atomic E-state index is 13.0. The molecule has 11 heteroatoms. The number of morpholine rings is 1. The van der Waals surface area contributed by atoms with Gasteiger partial charge in [-0.3, -0.25) is 9.78 Å². The quantitative estimate of drug-likeness (QED) is 0.483. The number of nitrogens with zero attached hydrogens (tertiary/aromatic N) is 3. The molecule has 0 bridgehead atoms. The van der Waals surface area contributed by atoms with Gasteiger partial charge in [0.2, 0.25) is 5.88 Å². The Labute approximate surface area is 212 Å². The Kier molecular flexibility index (Phi) is 7.94. The normalized spacial score (nSPS) is 14.8. The van der Waals surface area contributed by atoms with Crippen molar-refractivity contribution < 1.29 is 32.5 Å². The minimum absolute atomic E-state index is 0.118. The number of aliphatic hydroxyl groups excluding tert-OH is 1. The fourth-order valence-electron chi connectivity index (χ4n) is 3.87. The number of alkyl halides is 3.